The number of rotatable bonds is 11. The average molecular weight is 262 g/mol. The van der Waals surface area contributed by atoms with Crippen LogP contribution in [0.5, 0.6) is 0 Å². The molecule has 0 bridgehead atoms. The molecule has 0 radical (unpaired) electrons. The van der Waals surface area contributed by atoms with Crippen LogP contribution in [-0.2, 0) is 4.79 Å². The number of halogens is 1. The van der Waals surface area contributed by atoms with Crippen molar-refractivity contribution in [3.05, 3.63) is 0 Å². The second-order valence-electron chi connectivity index (χ2n) is 4.54. The number of unbranched alkanes of at least 4 members (excludes halogenated alkanes) is 4. The summed E-state index contributed by atoms with van der Waals surface area (Å²) in [6, 6.07) is 0. The smallest absolute Gasteiger partial charge is 0.220 e. The molecule has 0 saturated heterocycles. The molecule has 0 aliphatic carbocycles. The fraction of sp³-hybridized carbons (Fsp3) is 0.929. The molecule has 0 aromatic heterocycles. The largest absolute Gasteiger partial charge is 0.355 e. The summed E-state index contributed by atoms with van der Waals surface area (Å²) in [4.78, 5) is 13.8. The van der Waals surface area contributed by atoms with Crippen LogP contribution in [-0.4, -0.2) is 37.0 Å². The SMILES string of the molecule is CCCCCCCC(=O)NCCN(CC)CC.F. The Balaban J connectivity index is 0. The molecule has 0 aliphatic rings. The van der Waals surface area contributed by atoms with Crippen molar-refractivity contribution in [1.29, 1.82) is 0 Å². The lowest BCUT2D eigenvalue weighted by molar-refractivity contribution is -0.121. The van der Waals surface area contributed by atoms with E-state index in [1.165, 1.54) is 25.7 Å². The molecule has 0 fully saturated rings. The van der Waals surface area contributed by atoms with E-state index in [-0.39, 0.29) is 10.6 Å². The van der Waals surface area contributed by atoms with E-state index in [0.717, 1.165) is 32.6 Å². The molecule has 0 saturated carbocycles. The van der Waals surface area contributed by atoms with Crippen molar-refractivity contribution in [1.82, 2.24) is 10.2 Å². The Morgan fingerprint density at radius 2 is 1.61 bits per heavy atom. The lowest BCUT2D eigenvalue weighted by Crippen LogP contribution is -2.34. The van der Waals surface area contributed by atoms with Gasteiger partial charge in [0, 0.05) is 19.5 Å². The predicted molar refractivity (Wildman–Crippen MR) is 76.7 cm³/mol. The predicted octanol–water partition coefficient (Wildman–Crippen LogP) is 2.96. The molecule has 0 spiro atoms. The Kier molecular flexibility index (Phi) is 15.8. The third-order valence-electron chi connectivity index (χ3n) is 3.15. The van der Waals surface area contributed by atoms with Gasteiger partial charge in [0.05, 0.1) is 0 Å². The summed E-state index contributed by atoms with van der Waals surface area (Å²) in [5.41, 5.74) is 0. The van der Waals surface area contributed by atoms with Crippen LogP contribution in [0.3, 0.4) is 0 Å². The normalized spacial score (nSPS) is 10.2. The van der Waals surface area contributed by atoms with E-state index < -0.39 is 0 Å². The van der Waals surface area contributed by atoms with E-state index in [1.807, 2.05) is 0 Å². The number of nitrogens with one attached hydrogen (secondary N) is 1. The minimum absolute atomic E-state index is 0. The standard InChI is InChI=1S/C14H30N2O.FH/c1-4-7-8-9-10-11-14(17)15-12-13-16(5-2)6-3;/h4-13H2,1-3H3,(H,15,17);1H. The first kappa shape index (κ1) is 19.7. The average Bonchev–Trinajstić information content (AvgIpc) is 2.34. The number of nitrogens with zero attached hydrogens (tertiary/aromatic N) is 1. The second-order valence-corrected chi connectivity index (χ2v) is 4.54. The number of hydrogen-bond acceptors (Lipinski definition) is 2. The first-order valence-corrected chi connectivity index (χ1v) is 7.23. The Bertz CT molecular complexity index is 185. The molecule has 4 heteroatoms. The molecule has 0 rings (SSSR count). The summed E-state index contributed by atoms with van der Waals surface area (Å²) in [5, 5.41) is 2.99. The highest BCUT2D eigenvalue weighted by Crippen LogP contribution is 2.04. The maximum Gasteiger partial charge on any atom is 0.220 e. The molecule has 0 atom stereocenters. The van der Waals surface area contributed by atoms with Crippen LogP contribution in [0.4, 0.5) is 4.70 Å². The van der Waals surface area contributed by atoms with Crippen LogP contribution in [0.25, 0.3) is 0 Å². The van der Waals surface area contributed by atoms with Gasteiger partial charge in [-0.05, 0) is 19.5 Å². The first-order valence-electron chi connectivity index (χ1n) is 7.23. The molecule has 0 heterocycles. The number of amides is 1. The van der Waals surface area contributed by atoms with Crippen LogP contribution in [0, 0.1) is 0 Å². The molecular formula is C14H31FN2O. The van der Waals surface area contributed by atoms with Crippen molar-refractivity contribution in [2.75, 3.05) is 26.2 Å². The van der Waals surface area contributed by atoms with E-state index in [1.54, 1.807) is 0 Å². The van der Waals surface area contributed by atoms with Crippen molar-refractivity contribution in [3.8, 4) is 0 Å². The molecule has 0 unspecified atom stereocenters. The summed E-state index contributed by atoms with van der Waals surface area (Å²) in [6.45, 7) is 10.4. The highest BCUT2D eigenvalue weighted by Gasteiger charge is 2.02. The quantitative estimate of drug-likeness (QED) is 0.581. The van der Waals surface area contributed by atoms with Crippen LogP contribution >= 0.6 is 0 Å². The molecule has 110 valence electrons. The van der Waals surface area contributed by atoms with Gasteiger partial charge in [0.2, 0.25) is 5.91 Å². The highest BCUT2D eigenvalue weighted by molar-refractivity contribution is 5.75. The third kappa shape index (κ3) is 11.8. The summed E-state index contributed by atoms with van der Waals surface area (Å²) < 4.78 is 0. The Morgan fingerprint density at radius 3 is 2.17 bits per heavy atom. The van der Waals surface area contributed by atoms with Gasteiger partial charge in [0.25, 0.3) is 0 Å². The number of hydrogen-bond donors (Lipinski definition) is 1. The number of carbonyl (C=O) groups excluding carboxylic acids is 1. The molecule has 1 amide bonds. The zero-order valence-corrected chi connectivity index (χ0v) is 12.3. The maximum absolute atomic E-state index is 11.5. The van der Waals surface area contributed by atoms with Crippen LogP contribution in [0.2, 0.25) is 0 Å². The zero-order valence-electron chi connectivity index (χ0n) is 12.3. The van der Waals surface area contributed by atoms with Crippen molar-refractivity contribution in [2.45, 2.75) is 59.3 Å². The van der Waals surface area contributed by atoms with Crippen LogP contribution in [0.15, 0.2) is 0 Å². The van der Waals surface area contributed by atoms with Gasteiger partial charge >= 0.3 is 0 Å². The lowest BCUT2D eigenvalue weighted by atomic mass is 10.1. The fourth-order valence-electron chi connectivity index (χ4n) is 1.87. The van der Waals surface area contributed by atoms with Gasteiger partial charge < -0.3 is 10.2 Å². The molecular weight excluding hydrogens is 231 g/mol. The first-order chi connectivity index (χ1) is 8.24. The second kappa shape index (κ2) is 14.4. The number of likely N-dealkylation sites (N-methyl/N-ethyl adjacent to an activating group) is 1. The van der Waals surface area contributed by atoms with Crippen LogP contribution < -0.4 is 5.32 Å². The molecule has 0 aromatic rings. The van der Waals surface area contributed by atoms with Gasteiger partial charge in [-0.25, -0.2) is 0 Å². The topological polar surface area (TPSA) is 32.3 Å². The van der Waals surface area contributed by atoms with Crippen molar-refractivity contribution >= 4 is 5.91 Å². The zero-order chi connectivity index (χ0) is 12.9. The van der Waals surface area contributed by atoms with E-state index in [2.05, 4.69) is 31.0 Å². The van der Waals surface area contributed by atoms with E-state index >= 15 is 0 Å². The van der Waals surface area contributed by atoms with Crippen molar-refractivity contribution in [2.24, 2.45) is 0 Å². The van der Waals surface area contributed by atoms with Gasteiger partial charge in [-0.15, -0.1) is 0 Å². The van der Waals surface area contributed by atoms with E-state index in [0.29, 0.717) is 6.42 Å². The molecule has 0 aliphatic heterocycles. The van der Waals surface area contributed by atoms with Gasteiger partial charge in [0.1, 0.15) is 0 Å². The summed E-state index contributed by atoms with van der Waals surface area (Å²) in [6.07, 6.45) is 6.75. The minimum Gasteiger partial charge on any atom is -0.355 e. The Morgan fingerprint density at radius 1 is 1.00 bits per heavy atom. The van der Waals surface area contributed by atoms with Crippen LogP contribution in [0.1, 0.15) is 59.3 Å². The lowest BCUT2D eigenvalue weighted by Gasteiger charge is -2.17. The maximum atomic E-state index is 11.5. The van der Waals surface area contributed by atoms with Crippen molar-refractivity contribution in [3.63, 3.8) is 0 Å². The van der Waals surface area contributed by atoms with Gasteiger partial charge in [-0.1, -0.05) is 46.5 Å². The summed E-state index contributed by atoms with van der Waals surface area (Å²) in [5.74, 6) is 0.216. The molecule has 18 heavy (non-hydrogen) atoms. The van der Waals surface area contributed by atoms with Gasteiger partial charge in [0.15, 0.2) is 0 Å². The van der Waals surface area contributed by atoms with Gasteiger partial charge in [-0.3, -0.25) is 9.50 Å². The fourth-order valence-corrected chi connectivity index (χ4v) is 1.87. The minimum atomic E-state index is 0. The van der Waals surface area contributed by atoms with Crippen molar-refractivity contribution < 1.29 is 9.50 Å². The Labute approximate surface area is 112 Å². The summed E-state index contributed by atoms with van der Waals surface area (Å²) in [7, 11) is 0. The highest BCUT2D eigenvalue weighted by atomic mass is 19.0. The molecule has 3 nitrogen and oxygen atoms in total. The number of carbonyl (C=O) groups is 1. The van der Waals surface area contributed by atoms with E-state index in [4.69, 9.17) is 0 Å². The monoisotopic (exact) mass is 262 g/mol. The molecule has 0 aromatic carbocycles. The third-order valence-corrected chi connectivity index (χ3v) is 3.15. The summed E-state index contributed by atoms with van der Waals surface area (Å²) >= 11 is 0. The van der Waals surface area contributed by atoms with Gasteiger partial charge in [-0.2, -0.15) is 0 Å². The van der Waals surface area contributed by atoms with E-state index in [9.17, 15) is 4.79 Å². The molecule has 1 N–H and O–H groups in total. The Hall–Kier alpha value is -0.640.